The smallest absolute Gasteiger partial charge is 0.338 e. The second kappa shape index (κ2) is 8.88. The molecule has 0 unspecified atom stereocenters. The lowest BCUT2D eigenvalue weighted by atomic mass is 9.95. The van der Waals surface area contributed by atoms with Gasteiger partial charge in [-0.2, -0.15) is 0 Å². The molecule has 1 saturated carbocycles. The van der Waals surface area contributed by atoms with E-state index in [9.17, 15) is 9.59 Å². The van der Waals surface area contributed by atoms with Crippen LogP contribution in [0.2, 0.25) is 0 Å². The number of methoxy groups -OCH3 is 3. The summed E-state index contributed by atoms with van der Waals surface area (Å²) < 4.78 is 21.6. The van der Waals surface area contributed by atoms with Crippen molar-refractivity contribution in [1.29, 1.82) is 0 Å². The second-order valence-electron chi connectivity index (χ2n) is 7.94. The molecule has 2 aliphatic rings. The van der Waals surface area contributed by atoms with Gasteiger partial charge < -0.3 is 23.8 Å². The minimum Gasteiger partial charge on any atom is -0.497 e. The van der Waals surface area contributed by atoms with Gasteiger partial charge in [0.1, 0.15) is 17.2 Å². The van der Waals surface area contributed by atoms with Crippen LogP contribution in [0.1, 0.15) is 44.7 Å². The lowest BCUT2D eigenvalue weighted by Gasteiger charge is -2.30. The van der Waals surface area contributed by atoms with Crippen LogP contribution in [0.15, 0.2) is 30.3 Å². The van der Waals surface area contributed by atoms with Gasteiger partial charge in [0.25, 0.3) is 5.91 Å². The van der Waals surface area contributed by atoms with Gasteiger partial charge in [0, 0.05) is 30.3 Å². The van der Waals surface area contributed by atoms with Crippen molar-refractivity contribution in [3.63, 3.8) is 0 Å². The Bertz CT molecular complexity index is 976. The first kappa shape index (κ1) is 21.0. The number of hydrogen-bond acceptors (Lipinski definition) is 6. The Morgan fingerprint density at radius 3 is 2.35 bits per heavy atom. The third-order valence-corrected chi connectivity index (χ3v) is 5.74. The van der Waals surface area contributed by atoms with Gasteiger partial charge in [-0.1, -0.05) is 0 Å². The molecule has 0 bridgehead atoms. The molecule has 2 aromatic rings. The predicted octanol–water partition coefficient (Wildman–Crippen LogP) is 3.48. The maximum Gasteiger partial charge on any atom is 0.338 e. The van der Waals surface area contributed by atoms with Crippen molar-refractivity contribution in [1.82, 2.24) is 4.90 Å². The van der Waals surface area contributed by atoms with Crippen LogP contribution in [0.4, 0.5) is 0 Å². The SMILES string of the molecule is COC(=O)c1cc(OCC2CC2)c2c(c1)C(=O)N(Cc1cc(OC)cc(OC)c1)CC2. The van der Waals surface area contributed by atoms with Gasteiger partial charge >= 0.3 is 5.97 Å². The molecule has 0 saturated heterocycles. The highest BCUT2D eigenvalue weighted by molar-refractivity contribution is 6.01. The molecule has 1 aliphatic carbocycles. The summed E-state index contributed by atoms with van der Waals surface area (Å²) in [7, 11) is 4.52. The molecule has 7 nitrogen and oxygen atoms in total. The standard InChI is InChI=1S/C24H27NO6/c1-28-18-8-16(9-19(12-18)29-2)13-25-7-6-20-21(23(25)26)10-17(24(27)30-3)11-22(20)31-14-15-4-5-15/h8-12,15H,4-7,13-14H2,1-3H3. The molecule has 0 N–H and O–H groups in total. The summed E-state index contributed by atoms with van der Waals surface area (Å²) in [4.78, 5) is 27.3. The molecule has 1 aliphatic heterocycles. The number of nitrogens with zero attached hydrogens (tertiary/aromatic N) is 1. The Labute approximate surface area is 181 Å². The molecule has 1 amide bonds. The first-order valence-electron chi connectivity index (χ1n) is 10.4. The molecule has 31 heavy (non-hydrogen) atoms. The van der Waals surface area contributed by atoms with Crippen molar-refractivity contribution < 1.29 is 28.5 Å². The highest BCUT2D eigenvalue weighted by Crippen LogP contribution is 2.34. The Morgan fingerprint density at radius 1 is 1.03 bits per heavy atom. The van der Waals surface area contributed by atoms with E-state index < -0.39 is 5.97 Å². The zero-order valence-electron chi connectivity index (χ0n) is 18.1. The van der Waals surface area contributed by atoms with Crippen LogP contribution in [0.3, 0.4) is 0 Å². The van der Waals surface area contributed by atoms with Gasteiger partial charge in [0.05, 0.1) is 33.5 Å². The zero-order valence-corrected chi connectivity index (χ0v) is 18.1. The lowest BCUT2D eigenvalue weighted by molar-refractivity contribution is 0.0600. The maximum atomic E-state index is 13.4. The topological polar surface area (TPSA) is 74.3 Å². The van der Waals surface area contributed by atoms with Gasteiger partial charge in [-0.3, -0.25) is 4.79 Å². The second-order valence-corrected chi connectivity index (χ2v) is 7.94. The first-order valence-corrected chi connectivity index (χ1v) is 10.4. The Kier molecular flexibility index (Phi) is 6.02. The molecule has 0 aromatic heterocycles. The van der Waals surface area contributed by atoms with Crippen LogP contribution >= 0.6 is 0 Å². The zero-order chi connectivity index (χ0) is 22.0. The summed E-state index contributed by atoms with van der Waals surface area (Å²) in [5.41, 5.74) is 2.58. The number of hydrogen-bond donors (Lipinski definition) is 0. The number of ether oxygens (including phenoxy) is 4. The molecule has 0 atom stereocenters. The van der Waals surface area contributed by atoms with E-state index in [1.807, 2.05) is 12.1 Å². The summed E-state index contributed by atoms with van der Waals surface area (Å²) in [5.74, 6) is 1.90. The third kappa shape index (κ3) is 4.60. The summed E-state index contributed by atoms with van der Waals surface area (Å²) >= 11 is 0. The van der Waals surface area contributed by atoms with Crippen LogP contribution in [-0.4, -0.2) is 51.3 Å². The quantitative estimate of drug-likeness (QED) is 0.603. The lowest BCUT2D eigenvalue weighted by Crippen LogP contribution is -2.37. The number of amides is 1. The van der Waals surface area contributed by atoms with Gasteiger partial charge in [-0.05, 0) is 55.0 Å². The molecule has 164 valence electrons. The Morgan fingerprint density at radius 2 is 1.74 bits per heavy atom. The van der Waals surface area contributed by atoms with Crippen LogP contribution < -0.4 is 14.2 Å². The van der Waals surface area contributed by atoms with Crippen molar-refractivity contribution in [2.75, 3.05) is 34.5 Å². The van der Waals surface area contributed by atoms with E-state index in [1.165, 1.54) is 7.11 Å². The molecule has 2 aromatic carbocycles. The fourth-order valence-corrected chi connectivity index (χ4v) is 3.80. The molecular weight excluding hydrogens is 398 g/mol. The largest absolute Gasteiger partial charge is 0.497 e. The van der Waals surface area contributed by atoms with Crippen molar-refractivity contribution in [3.8, 4) is 17.2 Å². The minimum atomic E-state index is -0.485. The first-order chi connectivity index (χ1) is 15.0. The fourth-order valence-electron chi connectivity index (χ4n) is 3.80. The molecule has 0 radical (unpaired) electrons. The van der Waals surface area contributed by atoms with Crippen molar-refractivity contribution in [2.24, 2.45) is 5.92 Å². The maximum absolute atomic E-state index is 13.4. The molecular formula is C24H27NO6. The molecule has 4 rings (SSSR count). The van der Waals surface area contributed by atoms with Gasteiger partial charge in [0.15, 0.2) is 0 Å². The normalized spacial score (nSPS) is 15.3. The number of rotatable bonds is 8. The van der Waals surface area contributed by atoms with E-state index in [1.54, 1.807) is 37.3 Å². The van der Waals surface area contributed by atoms with E-state index in [0.29, 0.717) is 60.4 Å². The number of carbonyl (C=O) groups excluding carboxylic acids is 2. The van der Waals surface area contributed by atoms with Gasteiger partial charge in [-0.25, -0.2) is 4.79 Å². The number of fused-ring (bicyclic) bond motifs is 1. The molecule has 1 heterocycles. The van der Waals surface area contributed by atoms with E-state index in [0.717, 1.165) is 24.0 Å². The van der Waals surface area contributed by atoms with Crippen LogP contribution in [0.25, 0.3) is 0 Å². The Hall–Kier alpha value is -3.22. The number of benzene rings is 2. The average Bonchev–Trinajstić information content (AvgIpc) is 3.63. The van der Waals surface area contributed by atoms with E-state index in [2.05, 4.69) is 0 Å². The van der Waals surface area contributed by atoms with Gasteiger partial charge in [0.2, 0.25) is 0 Å². The summed E-state index contributed by atoms with van der Waals surface area (Å²) in [6, 6.07) is 8.89. The van der Waals surface area contributed by atoms with E-state index in [4.69, 9.17) is 18.9 Å². The predicted molar refractivity (Wildman–Crippen MR) is 114 cm³/mol. The van der Waals surface area contributed by atoms with E-state index >= 15 is 0 Å². The molecule has 1 fully saturated rings. The van der Waals surface area contributed by atoms with Crippen LogP contribution in [0, 0.1) is 5.92 Å². The summed E-state index contributed by atoms with van der Waals surface area (Å²) in [5, 5.41) is 0. The highest BCUT2D eigenvalue weighted by Gasteiger charge is 2.30. The van der Waals surface area contributed by atoms with Crippen molar-refractivity contribution in [3.05, 3.63) is 52.6 Å². The van der Waals surface area contributed by atoms with Crippen molar-refractivity contribution >= 4 is 11.9 Å². The highest BCUT2D eigenvalue weighted by atomic mass is 16.5. The summed E-state index contributed by atoms with van der Waals surface area (Å²) in [6.45, 7) is 1.58. The molecule has 7 heteroatoms. The monoisotopic (exact) mass is 425 g/mol. The molecule has 0 spiro atoms. The van der Waals surface area contributed by atoms with Crippen LogP contribution in [-0.2, 0) is 17.7 Å². The minimum absolute atomic E-state index is 0.134. The number of carbonyl (C=O) groups is 2. The van der Waals surface area contributed by atoms with Crippen LogP contribution in [0.5, 0.6) is 17.2 Å². The third-order valence-electron chi connectivity index (χ3n) is 5.74. The fraction of sp³-hybridized carbons (Fsp3) is 0.417. The van der Waals surface area contributed by atoms with E-state index in [-0.39, 0.29) is 5.91 Å². The van der Waals surface area contributed by atoms with Gasteiger partial charge in [-0.15, -0.1) is 0 Å². The average molecular weight is 425 g/mol. The Balaban J connectivity index is 1.62. The summed E-state index contributed by atoms with van der Waals surface area (Å²) in [6.07, 6.45) is 2.98. The number of esters is 1. The van der Waals surface area contributed by atoms with Crippen molar-refractivity contribution in [2.45, 2.75) is 25.8 Å².